The number of likely N-dealkylation sites (N-methyl/N-ethyl adjacent to an activating group) is 1. The molecule has 258 valence electrons. The van der Waals surface area contributed by atoms with Gasteiger partial charge in [0.2, 0.25) is 0 Å². The fourth-order valence-electron chi connectivity index (χ4n) is 8.77. The predicted octanol–water partition coefficient (Wildman–Crippen LogP) is 0.879. The molecule has 6 N–H and O–H groups in total. The van der Waals surface area contributed by atoms with Gasteiger partial charge in [0.1, 0.15) is 64.7 Å². The van der Waals surface area contributed by atoms with Crippen molar-refractivity contribution in [2.24, 2.45) is 0 Å². The van der Waals surface area contributed by atoms with Crippen LogP contribution >= 0.6 is 11.8 Å². The first-order valence-corrected chi connectivity index (χ1v) is 17.5. The van der Waals surface area contributed by atoms with E-state index < -0.39 is 71.8 Å². The van der Waals surface area contributed by atoms with Crippen LogP contribution in [0.5, 0.6) is 0 Å². The highest BCUT2D eigenvalue weighted by Crippen LogP contribution is 2.54. The van der Waals surface area contributed by atoms with Crippen molar-refractivity contribution < 1.29 is 53.4 Å². The number of ether oxygens (including phenoxy) is 2. The molecule has 13 heteroatoms. The molecule has 5 aliphatic rings. The maximum atomic E-state index is 14.1. The number of likely N-dealkylation sites (tertiary alicyclic amines) is 2. The summed E-state index contributed by atoms with van der Waals surface area (Å²) in [5, 5.41) is 67.3. The summed E-state index contributed by atoms with van der Waals surface area (Å²) in [5.74, 6) is -0.640. The zero-order valence-corrected chi connectivity index (χ0v) is 27.1. The van der Waals surface area contributed by atoms with Crippen LogP contribution in [0.2, 0.25) is 0 Å². The second kappa shape index (κ2) is 12.9. The van der Waals surface area contributed by atoms with E-state index in [2.05, 4.69) is 0 Å². The number of hydrogen-bond acceptors (Lipinski definition) is 10. The Balaban J connectivity index is 1.11. The summed E-state index contributed by atoms with van der Waals surface area (Å²) in [6.07, 6.45) is -5.24. The maximum absolute atomic E-state index is 14.1. The smallest absolute Gasteiger partial charge is 0.148 e. The molecule has 5 fully saturated rings. The van der Waals surface area contributed by atoms with Gasteiger partial charge in [0.25, 0.3) is 0 Å². The summed E-state index contributed by atoms with van der Waals surface area (Å²) < 4.78 is 40.6. The number of hydrogen-bond donors (Lipinski definition) is 6. The molecule has 0 amide bonds. The molecule has 2 aromatic carbocycles. The molecular weight excluding hydrogens is 634 g/mol. The second-order valence-electron chi connectivity index (χ2n) is 14.4. The summed E-state index contributed by atoms with van der Waals surface area (Å²) in [5.41, 5.74) is -1.64. The molecule has 1 saturated carbocycles. The number of rotatable bonds is 7. The molecule has 0 bridgehead atoms. The molecule has 1 spiro atoms. The Morgan fingerprint density at radius 1 is 0.915 bits per heavy atom. The van der Waals surface area contributed by atoms with Gasteiger partial charge in [-0.25, -0.2) is 8.78 Å². The largest absolute Gasteiger partial charge is 0.394 e. The maximum Gasteiger partial charge on any atom is 0.148 e. The number of benzene rings is 2. The van der Waals surface area contributed by atoms with Crippen molar-refractivity contribution in [3.05, 3.63) is 71.3 Å². The molecule has 7 rings (SSSR count). The Labute approximate surface area is 277 Å². The lowest BCUT2D eigenvalue weighted by Crippen LogP contribution is -2.71. The summed E-state index contributed by atoms with van der Waals surface area (Å²) in [6.45, 7) is 1.64. The van der Waals surface area contributed by atoms with Gasteiger partial charge in [-0.05, 0) is 54.3 Å². The molecule has 10 nitrogen and oxygen atoms in total. The molecule has 47 heavy (non-hydrogen) atoms. The van der Waals surface area contributed by atoms with E-state index in [1.807, 2.05) is 24.1 Å². The second-order valence-corrected chi connectivity index (χ2v) is 15.6. The highest BCUT2D eigenvalue weighted by atomic mass is 32.2. The van der Waals surface area contributed by atoms with Crippen molar-refractivity contribution >= 4 is 11.8 Å². The lowest BCUT2D eigenvalue weighted by Gasteiger charge is -2.52. The number of thioether (sulfide) groups is 1. The Morgan fingerprint density at radius 3 is 2.19 bits per heavy atom. The average Bonchev–Trinajstić information content (AvgIpc) is 3.34. The first-order chi connectivity index (χ1) is 22.4. The van der Waals surface area contributed by atoms with Crippen molar-refractivity contribution in [1.82, 2.24) is 4.90 Å². The minimum Gasteiger partial charge on any atom is -0.394 e. The van der Waals surface area contributed by atoms with E-state index in [4.69, 9.17) is 9.47 Å². The number of quaternary nitrogens is 1. The molecule has 0 radical (unpaired) electrons. The van der Waals surface area contributed by atoms with Crippen molar-refractivity contribution in [2.45, 2.75) is 96.3 Å². The molecular formula is C34H45F2N2O8S+. The third kappa shape index (κ3) is 6.05. The van der Waals surface area contributed by atoms with Crippen molar-refractivity contribution in [3.63, 3.8) is 0 Å². The van der Waals surface area contributed by atoms with Crippen molar-refractivity contribution in [2.75, 3.05) is 39.8 Å². The Bertz CT molecular complexity index is 1450. The summed E-state index contributed by atoms with van der Waals surface area (Å²) in [7, 11) is 1.95. The van der Waals surface area contributed by atoms with E-state index >= 15 is 0 Å². The van der Waals surface area contributed by atoms with Gasteiger partial charge in [-0.2, -0.15) is 0 Å². The van der Waals surface area contributed by atoms with Gasteiger partial charge in [0.15, 0.2) is 0 Å². The number of aliphatic hydroxyl groups is 6. The number of aliphatic hydroxyl groups excluding tert-OH is 6. The van der Waals surface area contributed by atoms with Crippen molar-refractivity contribution in [3.8, 4) is 0 Å². The van der Waals surface area contributed by atoms with Gasteiger partial charge < -0.3 is 44.6 Å². The molecule has 4 heterocycles. The molecule has 14 atom stereocenters. The monoisotopic (exact) mass is 679 g/mol. The topological polar surface area (TPSA) is 143 Å². The van der Waals surface area contributed by atoms with Crippen LogP contribution in [0.15, 0.2) is 48.5 Å². The summed E-state index contributed by atoms with van der Waals surface area (Å²) >= 11 is 1.02. The van der Waals surface area contributed by atoms with Gasteiger partial charge in [-0.1, -0.05) is 36.0 Å². The minimum absolute atomic E-state index is 0.00490. The Morgan fingerprint density at radius 2 is 1.57 bits per heavy atom. The van der Waals surface area contributed by atoms with Crippen LogP contribution in [0.3, 0.4) is 0 Å². The highest BCUT2D eigenvalue weighted by molar-refractivity contribution is 8.00. The molecule has 4 saturated heterocycles. The molecule has 1 aliphatic carbocycles. The van der Waals surface area contributed by atoms with E-state index in [0.29, 0.717) is 32.6 Å². The zero-order chi connectivity index (χ0) is 33.2. The highest BCUT2D eigenvalue weighted by Gasteiger charge is 2.71. The third-order valence-corrected chi connectivity index (χ3v) is 12.8. The van der Waals surface area contributed by atoms with E-state index in [9.17, 15) is 39.4 Å². The van der Waals surface area contributed by atoms with E-state index in [1.54, 1.807) is 12.1 Å². The standard InChI is InChI=1S/C34H45F2N2O8S/c1-38(11-9-21(16-38)19-5-3-7-23(36)13-19)27-30(43)33(46-34(31(27)44)14-25(34)40)47-32-29(42)26(28(41)24(17-39)45-32)37-10-8-20(15-37)18-4-2-6-22(35)12-18/h2-7,12-13,20-21,24-33,39-44H,8-11,14-17H2,1H3/q+1/t20?,21?,24-,25?,26+,27-,28+,29-,30-,31-,32+,33+,34?,38?/m1/s1. The van der Waals surface area contributed by atoms with Crippen LogP contribution in [0.1, 0.15) is 42.2 Å². The first-order valence-electron chi connectivity index (χ1n) is 16.5. The van der Waals surface area contributed by atoms with E-state index in [1.165, 1.54) is 24.3 Å². The lowest BCUT2D eigenvalue weighted by atomic mass is 9.91. The fourth-order valence-corrected chi connectivity index (χ4v) is 10.1. The average molecular weight is 680 g/mol. The normalized spacial score (nSPS) is 45.5. The van der Waals surface area contributed by atoms with Gasteiger partial charge in [-0.3, -0.25) is 4.90 Å². The summed E-state index contributed by atoms with van der Waals surface area (Å²) in [4.78, 5) is 1.95. The number of halogens is 2. The number of nitrogens with zero attached hydrogens (tertiary/aromatic N) is 2. The van der Waals surface area contributed by atoms with Crippen LogP contribution in [-0.2, 0) is 9.47 Å². The van der Waals surface area contributed by atoms with Crippen LogP contribution in [0.25, 0.3) is 0 Å². The van der Waals surface area contributed by atoms with E-state index in [0.717, 1.165) is 29.3 Å². The Hall–Kier alpha value is -1.75. The third-order valence-electron chi connectivity index (χ3n) is 11.4. The van der Waals surface area contributed by atoms with Gasteiger partial charge in [-0.15, -0.1) is 0 Å². The van der Waals surface area contributed by atoms with Gasteiger partial charge in [0.05, 0.1) is 38.9 Å². The fraction of sp³-hybridized carbons (Fsp3) is 0.647. The Kier molecular flexibility index (Phi) is 9.22. The molecule has 0 aromatic heterocycles. The quantitative estimate of drug-likeness (QED) is 0.234. The SMILES string of the molecule is C[N+]1([C@@H]2[C@@H](O)[C@H](S[C@@H]3O[C@H](CO)[C@H](O)[C@H](N4CCC(c5cccc(F)c5)C4)[C@H]3O)OC3(CC3O)[C@@H]2O)CCC(c2cccc(F)c2)C1. The lowest BCUT2D eigenvalue weighted by molar-refractivity contribution is -0.932. The van der Waals surface area contributed by atoms with Gasteiger partial charge >= 0.3 is 0 Å². The van der Waals surface area contributed by atoms with Crippen molar-refractivity contribution in [1.29, 1.82) is 0 Å². The first kappa shape index (κ1) is 33.7. The van der Waals surface area contributed by atoms with Crippen LogP contribution < -0.4 is 0 Å². The van der Waals surface area contributed by atoms with E-state index in [-0.39, 0.29) is 34.4 Å². The predicted molar refractivity (Wildman–Crippen MR) is 168 cm³/mol. The van der Waals surface area contributed by atoms with Gasteiger partial charge in [0, 0.05) is 25.3 Å². The molecule has 5 unspecified atom stereocenters. The molecule has 4 aliphatic heterocycles. The molecule has 2 aromatic rings. The van der Waals surface area contributed by atoms with Crippen LogP contribution in [0.4, 0.5) is 8.78 Å². The minimum atomic E-state index is -1.29. The van der Waals surface area contributed by atoms with Crippen LogP contribution in [0, 0.1) is 11.6 Å². The zero-order valence-electron chi connectivity index (χ0n) is 26.3. The van der Waals surface area contributed by atoms with Crippen LogP contribution in [-0.4, -0.2) is 145 Å². The summed E-state index contributed by atoms with van der Waals surface area (Å²) in [6, 6.07) is 11.3.